The molecule has 0 spiro atoms. The van der Waals surface area contributed by atoms with Crippen molar-refractivity contribution in [1.29, 1.82) is 0 Å². The van der Waals surface area contributed by atoms with Crippen LogP contribution in [0.1, 0.15) is 27.9 Å². The maximum absolute atomic E-state index is 11.4. The van der Waals surface area contributed by atoms with E-state index in [1.807, 2.05) is 18.3 Å². The normalized spacial score (nSPS) is 15.0. The highest BCUT2D eigenvalue weighted by molar-refractivity contribution is 9.07. The number of rotatable bonds is 4. The van der Waals surface area contributed by atoms with Gasteiger partial charge in [-0.2, -0.15) is 0 Å². The Labute approximate surface area is 165 Å². The van der Waals surface area contributed by atoms with Gasteiger partial charge in [-0.3, -0.25) is 10.0 Å². The van der Waals surface area contributed by atoms with E-state index in [1.54, 1.807) is 17.6 Å². The van der Waals surface area contributed by atoms with Crippen molar-refractivity contribution in [2.24, 2.45) is 0 Å². The third-order valence-electron chi connectivity index (χ3n) is 4.84. The fraction of sp³-hybridized carbons (Fsp3) is 0.200. The SMILES string of the molecule is O=C(NO)c1ccc(Cn2ccc3c(C4=CCN(Br)CC4)ccnc32)cc1. The van der Waals surface area contributed by atoms with E-state index in [-0.39, 0.29) is 0 Å². The number of carbonyl (C=O) groups is 1. The number of aromatic nitrogens is 2. The summed E-state index contributed by atoms with van der Waals surface area (Å²) in [5.74, 6) is -0.512. The minimum Gasteiger partial charge on any atom is -0.328 e. The Morgan fingerprint density at radius 3 is 2.74 bits per heavy atom. The van der Waals surface area contributed by atoms with Crippen molar-refractivity contribution < 1.29 is 10.0 Å². The first-order chi connectivity index (χ1) is 13.2. The van der Waals surface area contributed by atoms with Gasteiger partial charge in [-0.1, -0.05) is 18.2 Å². The molecule has 0 aliphatic carbocycles. The molecule has 2 N–H and O–H groups in total. The average molecular weight is 427 g/mol. The number of nitrogens with zero attached hydrogens (tertiary/aromatic N) is 3. The van der Waals surface area contributed by atoms with Crippen LogP contribution in [-0.2, 0) is 6.54 Å². The average Bonchev–Trinajstić information content (AvgIpc) is 3.11. The van der Waals surface area contributed by atoms with E-state index in [2.05, 4.69) is 54.0 Å². The number of hydrogen-bond donors (Lipinski definition) is 2. The number of carbonyl (C=O) groups excluding carboxylic acids is 1. The van der Waals surface area contributed by atoms with Crippen LogP contribution < -0.4 is 5.48 Å². The Bertz CT molecular complexity index is 1010. The summed E-state index contributed by atoms with van der Waals surface area (Å²) in [5.41, 5.74) is 6.67. The molecule has 0 fully saturated rings. The quantitative estimate of drug-likeness (QED) is 0.379. The van der Waals surface area contributed by atoms with E-state index in [0.29, 0.717) is 12.1 Å². The number of hydrogen-bond acceptors (Lipinski definition) is 4. The Balaban J connectivity index is 1.62. The standard InChI is InChI=1S/C20H19BrN4O2/c21-25-11-6-15(7-12-25)17-5-9-22-19-18(17)8-10-24(19)13-14-1-3-16(4-2-14)20(26)23-27/h1-6,8-10,27H,7,11-13H2,(H,23,26). The summed E-state index contributed by atoms with van der Waals surface area (Å²) in [6.07, 6.45) is 7.18. The van der Waals surface area contributed by atoms with E-state index >= 15 is 0 Å². The molecule has 7 heteroatoms. The van der Waals surface area contributed by atoms with E-state index in [4.69, 9.17) is 5.21 Å². The van der Waals surface area contributed by atoms with Gasteiger partial charge in [0.25, 0.3) is 5.91 Å². The van der Waals surface area contributed by atoms with Crippen LogP contribution in [0, 0.1) is 0 Å². The molecule has 0 bridgehead atoms. The number of halogens is 1. The summed E-state index contributed by atoms with van der Waals surface area (Å²) >= 11 is 3.53. The van der Waals surface area contributed by atoms with Crippen LogP contribution in [0.25, 0.3) is 16.6 Å². The molecular weight excluding hydrogens is 408 g/mol. The lowest BCUT2D eigenvalue weighted by molar-refractivity contribution is 0.0706. The Kier molecular flexibility index (Phi) is 5.07. The van der Waals surface area contributed by atoms with Crippen LogP contribution in [0.2, 0.25) is 0 Å². The molecule has 4 rings (SSSR count). The molecule has 6 nitrogen and oxygen atoms in total. The second-order valence-electron chi connectivity index (χ2n) is 6.53. The molecule has 0 saturated heterocycles. The van der Waals surface area contributed by atoms with Gasteiger partial charge in [0.2, 0.25) is 0 Å². The molecule has 0 radical (unpaired) electrons. The van der Waals surface area contributed by atoms with Gasteiger partial charge in [0, 0.05) is 59.1 Å². The van der Waals surface area contributed by atoms with Crippen LogP contribution >= 0.6 is 16.1 Å². The first kappa shape index (κ1) is 17.9. The third kappa shape index (κ3) is 3.66. The van der Waals surface area contributed by atoms with E-state index in [0.717, 1.165) is 36.1 Å². The predicted molar refractivity (Wildman–Crippen MR) is 108 cm³/mol. The molecule has 0 atom stereocenters. The molecule has 0 saturated carbocycles. The minimum atomic E-state index is -0.512. The smallest absolute Gasteiger partial charge is 0.274 e. The van der Waals surface area contributed by atoms with Gasteiger partial charge in [0.1, 0.15) is 5.65 Å². The Morgan fingerprint density at radius 2 is 2.04 bits per heavy atom. The van der Waals surface area contributed by atoms with Crippen LogP contribution in [0.5, 0.6) is 0 Å². The summed E-state index contributed by atoms with van der Waals surface area (Å²) in [6, 6.07) is 11.4. The number of amides is 1. The lowest BCUT2D eigenvalue weighted by atomic mass is 9.99. The van der Waals surface area contributed by atoms with Gasteiger partial charge in [0.15, 0.2) is 0 Å². The zero-order chi connectivity index (χ0) is 18.8. The second kappa shape index (κ2) is 7.64. The van der Waals surface area contributed by atoms with Crippen molar-refractivity contribution in [3.8, 4) is 0 Å². The van der Waals surface area contributed by atoms with Gasteiger partial charge in [-0.15, -0.1) is 0 Å². The number of benzene rings is 1. The van der Waals surface area contributed by atoms with Gasteiger partial charge in [-0.25, -0.2) is 14.4 Å². The van der Waals surface area contributed by atoms with Gasteiger partial charge >= 0.3 is 0 Å². The summed E-state index contributed by atoms with van der Waals surface area (Å²) in [5, 5.41) is 9.87. The van der Waals surface area contributed by atoms with Crippen LogP contribution in [0.15, 0.2) is 54.9 Å². The fourth-order valence-corrected chi connectivity index (χ4v) is 3.73. The van der Waals surface area contributed by atoms with Gasteiger partial charge in [0.05, 0.1) is 0 Å². The van der Waals surface area contributed by atoms with Crippen molar-refractivity contribution in [2.45, 2.75) is 13.0 Å². The van der Waals surface area contributed by atoms with Crippen molar-refractivity contribution >= 4 is 38.7 Å². The summed E-state index contributed by atoms with van der Waals surface area (Å²) in [7, 11) is 0. The zero-order valence-electron chi connectivity index (χ0n) is 14.6. The summed E-state index contributed by atoms with van der Waals surface area (Å²) in [4.78, 5) is 16.0. The lowest BCUT2D eigenvalue weighted by Crippen LogP contribution is -2.18. The topological polar surface area (TPSA) is 70.4 Å². The van der Waals surface area contributed by atoms with Crippen LogP contribution in [0.3, 0.4) is 0 Å². The number of fused-ring (bicyclic) bond motifs is 1. The largest absolute Gasteiger partial charge is 0.328 e. The zero-order valence-corrected chi connectivity index (χ0v) is 16.2. The molecular formula is C20H19BrN4O2. The third-order valence-corrected chi connectivity index (χ3v) is 5.48. The number of pyridine rings is 1. The molecule has 0 unspecified atom stereocenters. The first-order valence-corrected chi connectivity index (χ1v) is 9.44. The molecule has 27 heavy (non-hydrogen) atoms. The van der Waals surface area contributed by atoms with Gasteiger partial charge < -0.3 is 4.57 Å². The van der Waals surface area contributed by atoms with Crippen LogP contribution in [-0.4, -0.2) is 37.7 Å². The summed E-state index contributed by atoms with van der Waals surface area (Å²) < 4.78 is 4.24. The van der Waals surface area contributed by atoms with Crippen molar-refractivity contribution in [1.82, 2.24) is 19.0 Å². The molecule has 138 valence electrons. The Hall–Kier alpha value is -2.48. The number of hydroxylamine groups is 1. The van der Waals surface area contributed by atoms with Gasteiger partial charge in [-0.05, 0) is 47.4 Å². The highest BCUT2D eigenvalue weighted by Crippen LogP contribution is 2.29. The van der Waals surface area contributed by atoms with E-state index < -0.39 is 5.91 Å². The summed E-state index contributed by atoms with van der Waals surface area (Å²) in [6.45, 7) is 2.55. The van der Waals surface area contributed by atoms with E-state index in [1.165, 1.54) is 11.1 Å². The van der Waals surface area contributed by atoms with Crippen molar-refractivity contribution in [3.63, 3.8) is 0 Å². The highest BCUT2D eigenvalue weighted by atomic mass is 79.9. The maximum atomic E-state index is 11.4. The fourth-order valence-electron chi connectivity index (χ4n) is 3.41. The molecule has 1 aromatic carbocycles. The Morgan fingerprint density at radius 1 is 1.22 bits per heavy atom. The molecule has 2 aromatic heterocycles. The molecule has 3 heterocycles. The molecule has 3 aromatic rings. The molecule has 1 aliphatic heterocycles. The monoisotopic (exact) mass is 426 g/mol. The maximum Gasteiger partial charge on any atom is 0.274 e. The van der Waals surface area contributed by atoms with Crippen LogP contribution in [0.4, 0.5) is 0 Å². The van der Waals surface area contributed by atoms with E-state index in [9.17, 15) is 4.79 Å². The molecule has 1 amide bonds. The lowest BCUT2D eigenvalue weighted by Gasteiger charge is -2.20. The minimum absolute atomic E-state index is 0.420. The number of nitrogens with one attached hydrogen (secondary N) is 1. The first-order valence-electron chi connectivity index (χ1n) is 8.73. The second-order valence-corrected chi connectivity index (χ2v) is 7.53. The highest BCUT2D eigenvalue weighted by Gasteiger charge is 2.15. The van der Waals surface area contributed by atoms with Crippen molar-refractivity contribution in [2.75, 3.05) is 13.1 Å². The molecule has 1 aliphatic rings. The van der Waals surface area contributed by atoms with Crippen molar-refractivity contribution in [3.05, 3.63) is 71.6 Å². The predicted octanol–water partition coefficient (Wildman–Crippen LogP) is 3.60.